The van der Waals surface area contributed by atoms with E-state index < -0.39 is 5.82 Å². The number of halogens is 3. The van der Waals surface area contributed by atoms with E-state index in [2.05, 4.69) is 15.5 Å². The molecule has 1 amide bonds. The molecule has 0 aliphatic rings. The number of carbonyl (C=O) groups excluding carboxylic acids is 1. The van der Waals surface area contributed by atoms with Crippen molar-refractivity contribution in [3.63, 3.8) is 0 Å². The highest BCUT2D eigenvalue weighted by Gasteiger charge is 2.11. The van der Waals surface area contributed by atoms with Gasteiger partial charge in [-0.15, -0.1) is 0 Å². The SMILES string of the molecule is O=C(CCc1nc(-c2ccc(F)cc2)no1)Nc1ccc(F)c(Cl)c1. The van der Waals surface area contributed by atoms with Crippen LogP contribution in [-0.2, 0) is 11.2 Å². The number of aryl methyl sites for hydroxylation is 1. The van der Waals surface area contributed by atoms with Crippen LogP contribution in [0, 0.1) is 11.6 Å². The molecule has 0 bridgehead atoms. The van der Waals surface area contributed by atoms with E-state index in [9.17, 15) is 13.6 Å². The Morgan fingerprint density at radius 2 is 1.92 bits per heavy atom. The first kappa shape index (κ1) is 17.0. The number of hydrogen-bond donors (Lipinski definition) is 1. The predicted octanol–water partition coefficient (Wildman–Crippen LogP) is 4.24. The maximum atomic E-state index is 13.1. The van der Waals surface area contributed by atoms with Crippen LogP contribution in [0.5, 0.6) is 0 Å². The molecule has 1 aromatic heterocycles. The highest BCUT2D eigenvalue weighted by molar-refractivity contribution is 6.31. The lowest BCUT2D eigenvalue weighted by atomic mass is 10.2. The second-order valence-electron chi connectivity index (χ2n) is 5.20. The van der Waals surface area contributed by atoms with E-state index in [0.29, 0.717) is 17.1 Å². The summed E-state index contributed by atoms with van der Waals surface area (Å²) >= 11 is 5.66. The van der Waals surface area contributed by atoms with Gasteiger partial charge in [-0.25, -0.2) is 8.78 Å². The summed E-state index contributed by atoms with van der Waals surface area (Å²) in [6.45, 7) is 0. The Balaban J connectivity index is 1.57. The molecule has 128 valence electrons. The molecule has 0 radical (unpaired) electrons. The van der Waals surface area contributed by atoms with Crippen LogP contribution >= 0.6 is 11.6 Å². The minimum Gasteiger partial charge on any atom is -0.339 e. The number of hydrogen-bond acceptors (Lipinski definition) is 4. The zero-order valence-corrected chi connectivity index (χ0v) is 13.6. The fraction of sp³-hybridized carbons (Fsp3) is 0.118. The average Bonchev–Trinajstić information content (AvgIpc) is 3.06. The molecule has 0 fully saturated rings. The summed E-state index contributed by atoms with van der Waals surface area (Å²) in [7, 11) is 0. The van der Waals surface area contributed by atoms with Crippen LogP contribution in [0.25, 0.3) is 11.4 Å². The Labute approximate surface area is 146 Å². The topological polar surface area (TPSA) is 68.0 Å². The van der Waals surface area contributed by atoms with E-state index in [4.69, 9.17) is 16.1 Å². The van der Waals surface area contributed by atoms with Crippen LogP contribution in [-0.4, -0.2) is 16.0 Å². The van der Waals surface area contributed by atoms with Gasteiger partial charge in [0.25, 0.3) is 0 Å². The van der Waals surface area contributed by atoms with E-state index in [1.165, 1.54) is 42.5 Å². The van der Waals surface area contributed by atoms with Gasteiger partial charge in [0.1, 0.15) is 11.6 Å². The molecule has 25 heavy (non-hydrogen) atoms. The van der Waals surface area contributed by atoms with Gasteiger partial charge in [-0.1, -0.05) is 16.8 Å². The third-order valence-electron chi connectivity index (χ3n) is 3.34. The van der Waals surface area contributed by atoms with Crippen LogP contribution in [0.3, 0.4) is 0 Å². The number of carbonyl (C=O) groups is 1. The highest BCUT2D eigenvalue weighted by Crippen LogP contribution is 2.20. The van der Waals surface area contributed by atoms with Gasteiger partial charge in [0.15, 0.2) is 0 Å². The molecule has 0 saturated heterocycles. The third-order valence-corrected chi connectivity index (χ3v) is 3.63. The number of rotatable bonds is 5. The molecule has 8 heteroatoms. The number of amides is 1. The van der Waals surface area contributed by atoms with Gasteiger partial charge in [0.2, 0.25) is 17.6 Å². The van der Waals surface area contributed by atoms with Crippen LogP contribution in [0.15, 0.2) is 47.0 Å². The normalized spacial score (nSPS) is 10.7. The Kier molecular flexibility index (Phi) is 5.04. The van der Waals surface area contributed by atoms with E-state index in [1.54, 1.807) is 0 Å². The lowest BCUT2D eigenvalue weighted by Gasteiger charge is -2.04. The lowest BCUT2D eigenvalue weighted by Crippen LogP contribution is -2.12. The van der Waals surface area contributed by atoms with Crippen molar-refractivity contribution in [1.82, 2.24) is 10.1 Å². The summed E-state index contributed by atoms with van der Waals surface area (Å²) in [6, 6.07) is 9.58. The van der Waals surface area contributed by atoms with Crippen LogP contribution in [0.4, 0.5) is 14.5 Å². The number of aromatic nitrogens is 2. The van der Waals surface area contributed by atoms with E-state index in [0.717, 1.165) is 0 Å². The maximum Gasteiger partial charge on any atom is 0.227 e. The summed E-state index contributed by atoms with van der Waals surface area (Å²) in [6.07, 6.45) is 0.328. The molecular weight excluding hydrogens is 352 g/mol. The quantitative estimate of drug-likeness (QED) is 0.736. The molecule has 1 N–H and O–H groups in total. The number of benzene rings is 2. The van der Waals surface area contributed by atoms with Crippen molar-refractivity contribution in [2.24, 2.45) is 0 Å². The van der Waals surface area contributed by atoms with Crippen molar-refractivity contribution in [1.29, 1.82) is 0 Å². The van der Waals surface area contributed by atoms with Crippen molar-refractivity contribution >= 4 is 23.2 Å². The monoisotopic (exact) mass is 363 g/mol. The highest BCUT2D eigenvalue weighted by atomic mass is 35.5. The molecule has 0 spiro atoms. The lowest BCUT2D eigenvalue weighted by molar-refractivity contribution is -0.116. The predicted molar refractivity (Wildman–Crippen MR) is 88.1 cm³/mol. The van der Waals surface area contributed by atoms with Gasteiger partial charge in [-0.2, -0.15) is 4.98 Å². The molecule has 3 rings (SSSR count). The van der Waals surface area contributed by atoms with Crippen LogP contribution in [0.1, 0.15) is 12.3 Å². The van der Waals surface area contributed by atoms with Gasteiger partial charge >= 0.3 is 0 Å². The zero-order chi connectivity index (χ0) is 17.8. The molecule has 1 heterocycles. The molecule has 3 aromatic rings. The smallest absolute Gasteiger partial charge is 0.227 e. The Hall–Kier alpha value is -2.80. The molecule has 0 unspecified atom stereocenters. The molecule has 5 nitrogen and oxygen atoms in total. The first-order valence-corrected chi connectivity index (χ1v) is 7.72. The van der Waals surface area contributed by atoms with Crippen molar-refractivity contribution < 1.29 is 18.1 Å². The molecule has 0 saturated carbocycles. The van der Waals surface area contributed by atoms with Crippen molar-refractivity contribution in [3.8, 4) is 11.4 Å². The third kappa shape index (κ3) is 4.39. The minimum atomic E-state index is -0.557. The first-order valence-electron chi connectivity index (χ1n) is 7.35. The molecule has 2 aromatic carbocycles. The van der Waals surface area contributed by atoms with Gasteiger partial charge in [-0.3, -0.25) is 4.79 Å². The number of nitrogens with one attached hydrogen (secondary N) is 1. The average molecular weight is 364 g/mol. The second kappa shape index (κ2) is 7.40. The van der Waals surface area contributed by atoms with E-state index >= 15 is 0 Å². The standard InChI is InChI=1S/C17H12ClF2N3O2/c18-13-9-12(5-6-14(13)20)21-15(24)7-8-16-22-17(23-25-16)10-1-3-11(19)4-2-10/h1-6,9H,7-8H2,(H,21,24). The minimum absolute atomic E-state index is 0.0707. The van der Waals surface area contributed by atoms with Gasteiger partial charge < -0.3 is 9.84 Å². The number of anilines is 1. The fourth-order valence-corrected chi connectivity index (χ4v) is 2.27. The van der Waals surface area contributed by atoms with Gasteiger partial charge in [-0.05, 0) is 42.5 Å². The van der Waals surface area contributed by atoms with E-state index in [1.807, 2.05) is 0 Å². The van der Waals surface area contributed by atoms with Crippen molar-refractivity contribution in [2.75, 3.05) is 5.32 Å². The van der Waals surface area contributed by atoms with Crippen LogP contribution in [0.2, 0.25) is 5.02 Å². The van der Waals surface area contributed by atoms with Gasteiger partial charge in [0.05, 0.1) is 5.02 Å². The molecule has 0 aliphatic heterocycles. The Morgan fingerprint density at radius 1 is 1.16 bits per heavy atom. The van der Waals surface area contributed by atoms with Crippen molar-refractivity contribution in [2.45, 2.75) is 12.8 Å². The summed E-state index contributed by atoms with van der Waals surface area (Å²) in [5.74, 6) is -0.611. The summed E-state index contributed by atoms with van der Waals surface area (Å²) in [5.41, 5.74) is 1.01. The summed E-state index contributed by atoms with van der Waals surface area (Å²) < 4.78 is 31.1. The van der Waals surface area contributed by atoms with E-state index in [-0.39, 0.29) is 35.5 Å². The van der Waals surface area contributed by atoms with Crippen LogP contribution < -0.4 is 5.32 Å². The molecule has 0 atom stereocenters. The molecule has 0 aliphatic carbocycles. The van der Waals surface area contributed by atoms with Crippen molar-refractivity contribution in [3.05, 3.63) is 65.0 Å². The fourth-order valence-electron chi connectivity index (χ4n) is 2.09. The largest absolute Gasteiger partial charge is 0.339 e. The second-order valence-corrected chi connectivity index (χ2v) is 5.60. The zero-order valence-electron chi connectivity index (χ0n) is 12.8. The Bertz CT molecular complexity index is 897. The molecular formula is C17H12ClF2N3O2. The maximum absolute atomic E-state index is 13.1. The van der Waals surface area contributed by atoms with Gasteiger partial charge in [0, 0.05) is 24.1 Å². The first-order chi connectivity index (χ1) is 12.0. The Morgan fingerprint density at radius 3 is 2.64 bits per heavy atom. The number of nitrogens with zero attached hydrogens (tertiary/aromatic N) is 2. The summed E-state index contributed by atoms with van der Waals surface area (Å²) in [4.78, 5) is 16.1. The summed E-state index contributed by atoms with van der Waals surface area (Å²) in [5, 5.41) is 6.33.